The van der Waals surface area contributed by atoms with Crippen molar-refractivity contribution >= 4 is 0 Å². The molecular weight excluding hydrogens is 276 g/mol. The van der Waals surface area contributed by atoms with Crippen LogP contribution in [0, 0.1) is 5.92 Å². The summed E-state index contributed by atoms with van der Waals surface area (Å²) in [7, 11) is 1.71. The predicted octanol–water partition coefficient (Wildman–Crippen LogP) is 1.89. The van der Waals surface area contributed by atoms with E-state index in [4.69, 9.17) is 4.74 Å². The zero-order valence-electron chi connectivity index (χ0n) is 13.4. The second-order valence-electron chi connectivity index (χ2n) is 6.72. The quantitative estimate of drug-likeness (QED) is 0.777. The van der Waals surface area contributed by atoms with Crippen molar-refractivity contribution in [1.29, 1.82) is 0 Å². The number of rotatable bonds is 5. The van der Waals surface area contributed by atoms with E-state index in [1.165, 1.54) is 31.2 Å². The normalized spacial score (nSPS) is 32.1. The van der Waals surface area contributed by atoms with Crippen LogP contribution < -0.4 is 15.4 Å². The van der Waals surface area contributed by atoms with Crippen LogP contribution in [0.4, 0.5) is 0 Å². The number of hydrogen-bond donors (Lipinski definition) is 3. The Kier molecular flexibility index (Phi) is 5.34. The Labute approximate surface area is 133 Å². The average Bonchev–Trinajstić information content (AvgIpc) is 2.99. The number of hydrogen-bond acceptors (Lipinski definition) is 4. The molecule has 122 valence electrons. The van der Waals surface area contributed by atoms with Gasteiger partial charge in [-0.1, -0.05) is 12.1 Å². The van der Waals surface area contributed by atoms with E-state index < -0.39 is 0 Å². The molecule has 1 aromatic carbocycles. The minimum Gasteiger partial charge on any atom is -0.497 e. The summed E-state index contributed by atoms with van der Waals surface area (Å²) >= 11 is 0. The first kappa shape index (κ1) is 15.8. The molecule has 3 N–H and O–H groups in total. The predicted molar refractivity (Wildman–Crippen MR) is 88.4 cm³/mol. The highest BCUT2D eigenvalue weighted by Gasteiger charge is 2.27. The van der Waals surface area contributed by atoms with Gasteiger partial charge in [-0.25, -0.2) is 0 Å². The molecule has 2 fully saturated rings. The average molecular weight is 304 g/mol. The van der Waals surface area contributed by atoms with E-state index in [1.807, 2.05) is 0 Å². The maximum absolute atomic E-state index is 9.84. The summed E-state index contributed by atoms with van der Waals surface area (Å²) in [6.45, 7) is 2.62. The second kappa shape index (κ2) is 7.44. The van der Waals surface area contributed by atoms with Gasteiger partial charge in [0.25, 0.3) is 0 Å². The SMILES string of the molecule is COc1ccc(C2CCC(NCC3CNCC3O)CC2)cc1. The maximum Gasteiger partial charge on any atom is 0.118 e. The van der Waals surface area contributed by atoms with E-state index in [2.05, 4.69) is 34.9 Å². The number of β-amino-alcohol motifs (C(OH)–C–C–N with tert-alkyl or cyclic N) is 1. The van der Waals surface area contributed by atoms with Crippen LogP contribution in [-0.2, 0) is 0 Å². The van der Waals surface area contributed by atoms with Gasteiger partial charge in [0.05, 0.1) is 13.2 Å². The first-order chi connectivity index (χ1) is 10.8. The van der Waals surface area contributed by atoms with Crippen LogP contribution in [0.5, 0.6) is 5.75 Å². The van der Waals surface area contributed by atoms with Crippen molar-refractivity contribution in [2.24, 2.45) is 5.92 Å². The van der Waals surface area contributed by atoms with E-state index in [0.717, 1.165) is 25.4 Å². The third kappa shape index (κ3) is 3.80. The Morgan fingerprint density at radius 3 is 2.45 bits per heavy atom. The highest BCUT2D eigenvalue weighted by atomic mass is 16.5. The summed E-state index contributed by atoms with van der Waals surface area (Å²) in [6.07, 6.45) is 4.77. The molecule has 2 unspecified atom stereocenters. The van der Waals surface area contributed by atoms with Crippen molar-refractivity contribution in [2.75, 3.05) is 26.7 Å². The Hall–Kier alpha value is -1.10. The molecule has 3 rings (SSSR count). The van der Waals surface area contributed by atoms with E-state index in [-0.39, 0.29) is 6.10 Å². The van der Waals surface area contributed by atoms with Crippen LogP contribution in [0.25, 0.3) is 0 Å². The zero-order chi connectivity index (χ0) is 15.4. The summed E-state index contributed by atoms with van der Waals surface area (Å²) in [5.74, 6) is 1.99. The van der Waals surface area contributed by atoms with Crippen molar-refractivity contribution in [1.82, 2.24) is 10.6 Å². The smallest absolute Gasteiger partial charge is 0.118 e. The molecule has 1 aliphatic heterocycles. The van der Waals surface area contributed by atoms with Crippen molar-refractivity contribution in [3.8, 4) is 5.75 Å². The Balaban J connectivity index is 1.43. The number of aliphatic hydroxyl groups excluding tert-OH is 1. The first-order valence-electron chi connectivity index (χ1n) is 8.52. The lowest BCUT2D eigenvalue weighted by molar-refractivity contribution is 0.142. The standard InChI is InChI=1S/C18H28N2O2/c1-22-17-8-4-14(5-9-17)13-2-6-16(7-3-13)20-11-15-10-19-12-18(15)21/h4-5,8-9,13,15-16,18-21H,2-3,6-7,10-12H2,1H3. The molecule has 0 bridgehead atoms. The van der Waals surface area contributed by atoms with Crippen LogP contribution in [0.1, 0.15) is 37.2 Å². The van der Waals surface area contributed by atoms with Gasteiger partial charge >= 0.3 is 0 Å². The van der Waals surface area contributed by atoms with Crippen molar-refractivity contribution in [3.05, 3.63) is 29.8 Å². The summed E-state index contributed by atoms with van der Waals surface area (Å²) in [5, 5.41) is 16.8. The summed E-state index contributed by atoms with van der Waals surface area (Å²) in [6, 6.07) is 9.15. The van der Waals surface area contributed by atoms with Crippen LogP contribution in [0.3, 0.4) is 0 Å². The highest BCUT2D eigenvalue weighted by Crippen LogP contribution is 2.33. The molecule has 2 aliphatic rings. The van der Waals surface area contributed by atoms with Gasteiger partial charge in [0, 0.05) is 31.6 Å². The molecule has 22 heavy (non-hydrogen) atoms. The van der Waals surface area contributed by atoms with Crippen LogP contribution in [0.2, 0.25) is 0 Å². The fourth-order valence-corrected chi connectivity index (χ4v) is 3.75. The van der Waals surface area contributed by atoms with Crippen molar-refractivity contribution in [3.63, 3.8) is 0 Å². The van der Waals surface area contributed by atoms with Crippen molar-refractivity contribution in [2.45, 2.75) is 43.7 Å². The Morgan fingerprint density at radius 1 is 1.14 bits per heavy atom. The lowest BCUT2D eigenvalue weighted by Crippen LogP contribution is -2.39. The summed E-state index contributed by atoms with van der Waals surface area (Å²) in [4.78, 5) is 0. The second-order valence-corrected chi connectivity index (χ2v) is 6.72. The fourth-order valence-electron chi connectivity index (χ4n) is 3.75. The van der Waals surface area contributed by atoms with Gasteiger partial charge in [0.1, 0.15) is 5.75 Å². The van der Waals surface area contributed by atoms with Crippen LogP contribution in [0.15, 0.2) is 24.3 Å². The third-order valence-electron chi connectivity index (χ3n) is 5.29. The molecule has 4 heteroatoms. The molecule has 2 atom stereocenters. The Morgan fingerprint density at radius 2 is 1.86 bits per heavy atom. The van der Waals surface area contributed by atoms with Gasteiger partial charge in [-0.15, -0.1) is 0 Å². The molecule has 0 amide bonds. The monoisotopic (exact) mass is 304 g/mol. The number of ether oxygens (including phenoxy) is 1. The number of benzene rings is 1. The van der Waals surface area contributed by atoms with Crippen molar-refractivity contribution < 1.29 is 9.84 Å². The zero-order valence-corrected chi connectivity index (χ0v) is 13.4. The maximum atomic E-state index is 9.84. The molecule has 0 aromatic heterocycles. The van der Waals surface area contributed by atoms with E-state index in [0.29, 0.717) is 17.9 Å². The molecule has 1 heterocycles. The van der Waals surface area contributed by atoms with Gasteiger partial charge in [0.15, 0.2) is 0 Å². The highest BCUT2D eigenvalue weighted by molar-refractivity contribution is 5.29. The number of methoxy groups -OCH3 is 1. The molecule has 0 radical (unpaired) electrons. The van der Waals surface area contributed by atoms with E-state index in [1.54, 1.807) is 7.11 Å². The fraction of sp³-hybridized carbons (Fsp3) is 0.667. The molecule has 4 nitrogen and oxygen atoms in total. The third-order valence-corrected chi connectivity index (χ3v) is 5.29. The van der Waals surface area contributed by atoms with E-state index in [9.17, 15) is 5.11 Å². The molecule has 0 spiro atoms. The molecular formula is C18H28N2O2. The van der Waals surface area contributed by atoms with Crippen LogP contribution in [-0.4, -0.2) is 44.0 Å². The topological polar surface area (TPSA) is 53.5 Å². The Bertz CT molecular complexity index is 455. The minimum absolute atomic E-state index is 0.178. The summed E-state index contributed by atoms with van der Waals surface area (Å²) < 4.78 is 5.23. The van der Waals surface area contributed by atoms with Crippen LogP contribution >= 0.6 is 0 Å². The van der Waals surface area contributed by atoms with Gasteiger partial charge in [-0.2, -0.15) is 0 Å². The van der Waals surface area contributed by atoms with E-state index >= 15 is 0 Å². The lowest BCUT2D eigenvalue weighted by Gasteiger charge is -2.30. The van der Waals surface area contributed by atoms with Gasteiger partial charge in [0.2, 0.25) is 0 Å². The molecule has 1 saturated heterocycles. The largest absolute Gasteiger partial charge is 0.497 e. The first-order valence-corrected chi connectivity index (χ1v) is 8.52. The molecule has 1 aromatic rings. The van der Waals surface area contributed by atoms with Gasteiger partial charge < -0.3 is 20.5 Å². The summed E-state index contributed by atoms with van der Waals surface area (Å²) in [5.41, 5.74) is 1.44. The molecule has 1 saturated carbocycles. The lowest BCUT2D eigenvalue weighted by atomic mass is 9.81. The minimum atomic E-state index is -0.178. The van der Waals surface area contributed by atoms with Gasteiger partial charge in [-0.3, -0.25) is 0 Å². The number of nitrogens with one attached hydrogen (secondary N) is 2. The number of aliphatic hydroxyl groups is 1. The van der Waals surface area contributed by atoms with Gasteiger partial charge in [-0.05, 0) is 49.3 Å². The molecule has 1 aliphatic carbocycles.